The van der Waals surface area contributed by atoms with Crippen molar-refractivity contribution < 1.29 is 24.7 Å². The Balaban J connectivity index is 2.33. The minimum absolute atomic E-state index is 0.0513. The zero-order chi connectivity index (χ0) is 16.4. The van der Waals surface area contributed by atoms with E-state index < -0.39 is 34.8 Å². The maximum absolute atomic E-state index is 12.0. The van der Waals surface area contributed by atoms with Gasteiger partial charge in [0.2, 0.25) is 0 Å². The molecule has 0 spiro atoms. The van der Waals surface area contributed by atoms with E-state index in [-0.39, 0.29) is 14.8 Å². The van der Waals surface area contributed by atoms with Crippen molar-refractivity contribution >= 4 is 51.9 Å². The van der Waals surface area contributed by atoms with E-state index in [1.54, 1.807) is 0 Å². The molecule has 2 rings (SSSR count). The highest BCUT2D eigenvalue weighted by Gasteiger charge is 2.31. The number of thioether (sulfide) groups is 1. The van der Waals surface area contributed by atoms with E-state index in [0.29, 0.717) is 0 Å². The topological polar surface area (TPSA) is 127 Å². The number of thiocarbonyl (C=S) groups is 1. The monoisotopic (exact) mass is 338 g/mol. The Labute approximate surface area is 133 Å². The number of rotatable bonds is 4. The van der Waals surface area contributed by atoms with E-state index in [1.807, 2.05) is 0 Å². The molecule has 1 aromatic rings. The van der Waals surface area contributed by atoms with Crippen LogP contribution >= 0.6 is 24.0 Å². The summed E-state index contributed by atoms with van der Waals surface area (Å²) in [7, 11) is 0. The second-order valence-corrected chi connectivity index (χ2v) is 5.80. The van der Waals surface area contributed by atoms with Crippen LogP contribution in [0.1, 0.15) is 5.56 Å². The largest absolute Gasteiger partial charge is 0.868 e. The van der Waals surface area contributed by atoms with Gasteiger partial charge in [-0.1, -0.05) is 36.1 Å². The van der Waals surface area contributed by atoms with E-state index >= 15 is 0 Å². The number of amides is 1. The van der Waals surface area contributed by atoms with Crippen molar-refractivity contribution in [1.82, 2.24) is 4.90 Å². The lowest BCUT2D eigenvalue weighted by Gasteiger charge is -2.14. The number of nitro groups is 1. The minimum Gasteiger partial charge on any atom is -0.868 e. The summed E-state index contributed by atoms with van der Waals surface area (Å²) >= 11 is 5.76. The highest BCUT2D eigenvalue weighted by molar-refractivity contribution is 8.26. The molecule has 114 valence electrons. The number of carboxylic acid groups (broad SMARTS) is 1. The molecule has 1 aliphatic heterocycles. The van der Waals surface area contributed by atoms with Crippen LogP contribution in [0.25, 0.3) is 6.08 Å². The Morgan fingerprint density at radius 2 is 2.14 bits per heavy atom. The molecular formula is C12H6N2O6S2-2. The van der Waals surface area contributed by atoms with E-state index in [9.17, 15) is 29.9 Å². The van der Waals surface area contributed by atoms with Gasteiger partial charge in [0.15, 0.2) is 0 Å². The Kier molecular flexibility index (Phi) is 4.43. The van der Waals surface area contributed by atoms with Crippen molar-refractivity contribution in [3.63, 3.8) is 0 Å². The van der Waals surface area contributed by atoms with Crippen LogP contribution < -0.4 is 10.2 Å². The van der Waals surface area contributed by atoms with Gasteiger partial charge in [-0.3, -0.25) is 19.8 Å². The van der Waals surface area contributed by atoms with Gasteiger partial charge < -0.3 is 15.0 Å². The Bertz CT molecular complexity index is 730. The first-order chi connectivity index (χ1) is 10.3. The lowest BCUT2D eigenvalue weighted by atomic mass is 10.1. The molecule has 1 fully saturated rings. The van der Waals surface area contributed by atoms with Crippen molar-refractivity contribution in [2.24, 2.45) is 0 Å². The van der Waals surface area contributed by atoms with E-state index in [4.69, 9.17) is 12.2 Å². The predicted molar refractivity (Wildman–Crippen MR) is 77.4 cm³/mol. The van der Waals surface area contributed by atoms with Crippen LogP contribution in [-0.4, -0.2) is 32.6 Å². The Morgan fingerprint density at radius 3 is 2.73 bits per heavy atom. The molecular weight excluding hydrogens is 332 g/mol. The zero-order valence-electron chi connectivity index (χ0n) is 10.7. The van der Waals surface area contributed by atoms with Gasteiger partial charge in [0.1, 0.15) is 4.32 Å². The van der Waals surface area contributed by atoms with Crippen LogP contribution in [0.5, 0.6) is 5.75 Å². The number of carbonyl (C=O) groups is 2. The smallest absolute Gasteiger partial charge is 0.266 e. The molecule has 0 radical (unpaired) electrons. The van der Waals surface area contributed by atoms with Gasteiger partial charge in [-0.05, 0) is 17.4 Å². The summed E-state index contributed by atoms with van der Waals surface area (Å²) in [4.78, 5) is 33.4. The first-order valence-electron chi connectivity index (χ1n) is 5.70. The highest BCUT2D eigenvalue weighted by Crippen LogP contribution is 2.33. The second kappa shape index (κ2) is 6.12. The fourth-order valence-corrected chi connectivity index (χ4v) is 2.94. The molecule has 0 atom stereocenters. The average molecular weight is 338 g/mol. The maximum atomic E-state index is 12.0. The first-order valence-corrected chi connectivity index (χ1v) is 6.92. The third kappa shape index (κ3) is 3.23. The van der Waals surface area contributed by atoms with Crippen LogP contribution in [0.3, 0.4) is 0 Å². The Morgan fingerprint density at radius 1 is 1.45 bits per heavy atom. The Hall–Kier alpha value is -2.46. The summed E-state index contributed by atoms with van der Waals surface area (Å²) in [6.45, 7) is -0.665. The normalized spacial score (nSPS) is 16.4. The summed E-state index contributed by atoms with van der Waals surface area (Å²) < 4.78 is 0.0513. The van der Waals surface area contributed by atoms with Crippen LogP contribution in [0, 0.1) is 10.1 Å². The third-order valence-electron chi connectivity index (χ3n) is 2.64. The summed E-state index contributed by atoms with van der Waals surface area (Å²) in [5, 5.41) is 32.6. The quantitative estimate of drug-likeness (QED) is 0.315. The lowest BCUT2D eigenvalue weighted by molar-refractivity contribution is -0.398. The molecule has 0 saturated carbocycles. The fourth-order valence-electron chi connectivity index (χ4n) is 1.68. The van der Waals surface area contributed by atoms with Crippen LogP contribution in [0.15, 0.2) is 23.1 Å². The number of aliphatic carboxylic acids is 1. The molecule has 8 nitrogen and oxygen atoms in total. The van der Waals surface area contributed by atoms with Gasteiger partial charge in [-0.2, -0.15) is 0 Å². The van der Waals surface area contributed by atoms with Gasteiger partial charge in [0.05, 0.1) is 22.3 Å². The summed E-state index contributed by atoms with van der Waals surface area (Å²) in [6.07, 6.45) is 1.31. The number of nitrogens with zero attached hydrogens (tertiary/aromatic N) is 2. The van der Waals surface area contributed by atoms with Gasteiger partial charge in [0.25, 0.3) is 11.6 Å². The van der Waals surface area contributed by atoms with Gasteiger partial charge >= 0.3 is 0 Å². The maximum Gasteiger partial charge on any atom is 0.266 e. The predicted octanol–water partition coefficient (Wildman–Crippen LogP) is -0.381. The molecule has 1 saturated heterocycles. The molecule has 0 aliphatic carbocycles. The van der Waals surface area contributed by atoms with Gasteiger partial charge in [-0.15, -0.1) is 0 Å². The van der Waals surface area contributed by atoms with Gasteiger partial charge in [0, 0.05) is 6.07 Å². The molecule has 0 aromatic heterocycles. The lowest BCUT2D eigenvalue weighted by Crippen LogP contribution is -2.40. The molecule has 1 aromatic carbocycles. The minimum atomic E-state index is -1.45. The number of carboxylic acids is 1. The van der Waals surface area contributed by atoms with E-state index in [2.05, 4.69) is 0 Å². The third-order valence-corrected chi connectivity index (χ3v) is 4.02. The van der Waals surface area contributed by atoms with E-state index in [0.717, 1.165) is 28.8 Å². The molecule has 0 unspecified atom stereocenters. The highest BCUT2D eigenvalue weighted by atomic mass is 32.2. The molecule has 1 aliphatic rings. The zero-order valence-corrected chi connectivity index (χ0v) is 12.3. The van der Waals surface area contributed by atoms with Crippen LogP contribution in [0.2, 0.25) is 0 Å². The van der Waals surface area contributed by atoms with Crippen molar-refractivity contribution in [1.29, 1.82) is 0 Å². The number of hydrogen-bond donors (Lipinski definition) is 0. The van der Waals surface area contributed by atoms with Crippen LogP contribution in [-0.2, 0) is 9.59 Å². The number of carbonyl (C=O) groups excluding carboxylic acids is 2. The summed E-state index contributed by atoms with van der Waals surface area (Å²) in [5.74, 6) is -2.83. The standard InChI is InChI=1S/C12H8N2O6S2/c15-8-2-1-6(3-7(8)14(19)20)4-9-11(18)13(5-10(16)17)12(21)22-9/h1-4,15H,5H2,(H,16,17)/p-2/b9-4+. The molecule has 1 heterocycles. The fraction of sp³-hybridized carbons (Fsp3) is 0.0833. The number of benzene rings is 1. The van der Waals surface area contributed by atoms with Crippen LogP contribution in [0.4, 0.5) is 5.69 Å². The molecule has 22 heavy (non-hydrogen) atoms. The number of hydrogen-bond acceptors (Lipinski definition) is 8. The molecule has 0 N–H and O–H groups in total. The molecule has 0 bridgehead atoms. The number of nitro benzene ring substituents is 1. The molecule has 10 heteroatoms. The molecule has 1 amide bonds. The SMILES string of the molecule is O=C([O-])CN1C(=O)/C(=C\c2ccc([O-])c([N+](=O)[O-])c2)SC1=S. The summed E-state index contributed by atoms with van der Waals surface area (Å²) in [6, 6.07) is 3.38. The second-order valence-electron chi connectivity index (χ2n) is 4.12. The van der Waals surface area contributed by atoms with Crippen molar-refractivity contribution in [3.8, 4) is 5.75 Å². The van der Waals surface area contributed by atoms with Crippen molar-refractivity contribution in [3.05, 3.63) is 38.8 Å². The summed E-state index contributed by atoms with van der Waals surface area (Å²) in [5.41, 5.74) is -0.348. The average Bonchev–Trinajstić information content (AvgIpc) is 2.68. The van der Waals surface area contributed by atoms with Crippen molar-refractivity contribution in [2.75, 3.05) is 6.54 Å². The van der Waals surface area contributed by atoms with Crippen molar-refractivity contribution in [2.45, 2.75) is 0 Å². The van der Waals surface area contributed by atoms with E-state index in [1.165, 1.54) is 12.1 Å². The van der Waals surface area contributed by atoms with Gasteiger partial charge in [-0.25, -0.2) is 0 Å². The first kappa shape index (κ1) is 15.9.